The molecule has 0 amide bonds. The molecule has 4 rings (SSSR count). The molecule has 1 unspecified atom stereocenters. The number of guanidine groups is 1. The second kappa shape index (κ2) is 10.8. The van der Waals surface area contributed by atoms with E-state index in [1.807, 2.05) is 16.8 Å². The zero-order chi connectivity index (χ0) is 18.3. The number of furan rings is 1. The van der Waals surface area contributed by atoms with Crippen LogP contribution in [-0.2, 0) is 19.4 Å². The number of rotatable bonds is 6. The van der Waals surface area contributed by atoms with E-state index < -0.39 is 0 Å². The maximum atomic E-state index is 5.43. The third kappa shape index (κ3) is 5.96. The van der Waals surface area contributed by atoms with Crippen LogP contribution < -0.4 is 10.6 Å². The Morgan fingerprint density at radius 1 is 1.25 bits per heavy atom. The van der Waals surface area contributed by atoms with Gasteiger partial charge >= 0.3 is 0 Å². The van der Waals surface area contributed by atoms with E-state index in [-0.39, 0.29) is 24.0 Å². The number of aromatic nitrogens is 3. The lowest BCUT2D eigenvalue weighted by Gasteiger charge is -2.26. The molecule has 1 saturated carbocycles. The average Bonchev–Trinajstić information content (AvgIpc) is 3.38. The van der Waals surface area contributed by atoms with Crippen LogP contribution in [0.15, 0.2) is 34.1 Å². The van der Waals surface area contributed by atoms with Crippen molar-refractivity contribution in [3.8, 4) is 0 Å². The van der Waals surface area contributed by atoms with Crippen LogP contribution >= 0.6 is 24.0 Å². The Morgan fingerprint density at radius 2 is 2.14 bits per heavy atom. The highest BCUT2D eigenvalue weighted by Gasteiger charge is 2.21. The Bertz CT molecular complexity index is 723. The van der Waals surface area contributed by atoms with Gasteiger partial charge in [-0.3, -0.25) is 4.99 Å². The van der Waals surface area contributed by atoms with Crippen molar-refractivity contribution in [2.75, 3.05) is 13.1 Å². The van der Waals surface area contributed by atoms with Gasteiger partial charge in [-0.25, -0.2) is 9.67 Å². The summed E-state index contributed by atoms with van der Waals surface area (Å²) in [6, 6.07) is 4.28. The molecule has 0 aromatic carbocycles. The molecule has 0 spiro atoms. The summed E-state index contributed by atoms with van der Waals surface area (Å²) < 4.78 is 7.43. The molecular weight excluding hydrogens is 467 g/mol. The normalized spacial score (nSPS) is 20.3. The molecule has 0 bridgehead atoms. The van der Waals surface area contributed by atoms with Crippen LogP contribution in [0.4, 0.5) is 0 Å². The second-order valence-electron chi connectivity index (χ2n) is 7.69. The Kier molecular flexibility index (Phi) is 8.17. The van der Waals surface area contributed by atoms with Crippen LogP contribution in [0.5, 0.6) is 0 Å². The molecule has 1 atom stereocenters. The molecule has 154 valence electrons. The van der Waals surface area contributed by atoms with Crippen molar-refractivity contribution in [3.63, 3.8) is 0 Å². The molecule has 0 saturated heterocycles. The Hall–Kier alpha value is -1.58. The van der Waals surface area contributed by atoms with Gasteiger partial charge in [-0.05, 0) is 37.3 Å². The first-order valence-electron chi connectivity index (χ1n) is 10.3. The highest BCUT2D eigenvalue weighted by molar-refractivity contribution is 14.0. The summed E-state index contributed by atoms with van der Waals surface area (Å²) in [4.78, 5) is 9.24. The van der Waals surface area contributed by atoms with Gasteiger partial charge < -0.3 is 15.1 Å². The molecule has 2 aromatic rings. The topological polar surface area (TPSA) is 80.3 Å². The zero-order valence-corrected chi connectivity index (χ0v) is 18.7. The van der Waals surface area contributed by atoms with Crippen molar-refractivity contribution in [3.05, 3.63) is 36.3 Å². The average molecular weight is 498 g/mol. The van der Waals surface area contributed by atoms with E-state index in [1.165, 1.54) is 32.1 Å². The third-order valence-electron chi connectivity index (χ3n) is 5.62. The summed E-state index contributed by atoms with van der Waals surface area (Å²) in [5.74, 6) is 3.73. The Balaban J connectivity index is 0.00000225. The smallest absolute Gasteiger partial charge is 0.191 e. The van der Waals surface area contributed by atoms with Gasteiger partial charge in [-0.15, -0.1) is 24.0 Å². The summed E-state index contributed by atoms with van der Waals surface area (Å²) in [5.41, 5.74) is 0. The first kappa shape index (κ1) is 21.1. The van der Waals surface area contributed by atoms with Crippen molar-refractivity contribution in [1.29, 1.82) is 0 Å². The molecule has 1 fully saturated rings. The first-order valence-corrected chi connectivity index (χ1v) is 10.3. The predicted molar refractivity (Wildman–Crippen MR) is 120 cm³/mol. The quantitative estimate of drug-likeness (QED) is 0.364. The molecule has 3 heterocycles. The molecule has 2 aromatic heterocycles. The van der Waals surface area contributed by atoms with Crippen molar-refractivity contribution >= 4 is 29.9 Å². The van der Waals surface area contributed by atoms with Gasteiger partial charge in [-0.2, -0.15) is 5.10 Å². The molecule has 2 N–H and O–H groups in total. The van der Waals surface area contributed by atoms with E-state index in [9.17, 15) is 0 Å². The van der Waals surface area contributed by atoms with Crippen LogP contribution in [0.25, 0.3) is 0 Å². The lowest BCUT2D eigenvalue weighted by Crippen LogP contribution is -2.47. The molecule has 7 nitrogen and oxygen atoms in total. The van der Waals surface area contributed by atoms with Crippen molar-refractivity contribution in [2.24, 2.45) is 10.9 Å². The summed E-state index contributed by atoms with van der Waals surface area (Å²) in [6.07, 6.45) is 13.0. The minimum atomic E-state index is 0. The predicted octanol–water partition coefficient (Wildman–Crippen LogP) is 3.16. The van der Waals surface area contributed by atoms with Gasteiger partial charge in [0.05, 0.1) is 12.8 Å². The first-order chi connectivity index (χ1) is 13.4. The van der Waals surface area contributed by atoms with Crippen LogP contribution in [0, 0.1) is 5.92 Å². The molecule has 8 heteroatoms. The maximum absolute atomic E-state index is 5.43. The van der Waals surface area contributed by atoms with Gasteiger partial charge in [0.15, 0.2) is 5.96 Å². The van der Waals surface area contributed by atoms with E-state index in [0.717, 1.165) is 62.4 Å². The molecule has 0 radical (unpaired) electrons. The highest BCUT2D eigenvalue weighted by atomic mass is 127. The number of aliphatic imine (C=N–C) groups is 1. The summed E-state index contributed by atoms with van der Waals surface area (Å²) in [7, 11) is 0. The largest absolute Gasteiger partial charge is 0.469 e. The van der Waals surface area contributed by atoms with Crippen molar-refractivity contribution in [2.45, 2.75) is 64.0 Å². The van der Waals surface area contributed by atoms with E-state index in [2.05, 4.69) is 20.7 Å². The summed E-state index contributed by atoms with van der Waals surface area (Å²) in [6.45, 7) is 2.57. The number of aryl methyl sites for hydroxylation is 1. The van der Waals surface area contributed by atoms with Crippen LogP contribution in [0.1, 0.15) is 50.1 Å². The molecule has 1 aliphatic heterocycles. The third-order valence-corrected chi connectivity index (χ3v) is 5.62. The minimum absolute atomic E-state index is 0. The fourth-order valence-electron chi connectivity index (χ4n) is 4.05. The number of halogens is 1. The SMILES string of the molecule is I.c1coc(CCNC(=NCC2CCCCC2)NC2CCc3ncnn3C2)c1. The monoisotopic (exact) mass is 498 g/mol. The van der Waals surface area contributed by atoms with Gasteiger partial charge in [0.2, 0.25) is 0 Å². The number of nitrogens with one attached hydrogen (secondary N) is 2. The van der Waals surface area contributed by atoms with Crippen molar-refractivity contribution < 1.29 is 4.42 Å². The van der Waals surface area contributed by atoms with E-state index >= 15 is 0 Å². The van der Waals surface area contributed by atoms with Gasteiger partial charge in [0.25, 0.3) is 0 Å². The lowest BCUT2D eigenvalue weighted by molar-refractivity contribution is 0.364. The maximum Gasteiger partial charge on any atom is 0.191 e. The molecular formula is C20H31IN6O. The molecule has 1 aliphatic carbocycles. The minimum Gasteiger partial charge on any atom is -0.469 e. The summed E-state index contributed by atoms with van der Waals surface area (Å²) in [5, 5.41) is 11.4. The van der Waals surface area contributed by atoms with Crippen LogP contribution in [0.3, 0.4) is 0 Å². The van der Waals surface area contributed by atoms with Gasteiger partial charge in [0.1, 0.15) is 17.9 Å². The molecule has 28 heavy (non-hydrogen) atoms. The summed E-state index contributed by atoms with van der Waals surface area (Å²) >= 11 is 0. The number of hydrogen-bond donors (Lipinski definition) is 2. The zero-order valence-electron chi connectivity index (χ0n) is 16.3. The number of fused-ring (bicyclic) bond motifs is 1. The second-order valence-corrected chi connectivity index (χ2v) is 7.69. The Labute approximate surface area is 183 Å². The van der Waals surface area contributed by atoms with Gasteiger partial charge in [0, 0.05) is 32.0 Å². The molecule has 2 aliphatic rings. The lowest BCUT2D eigenvalue weighted by atomic mass is 9.89. The van der Waals surface area contributed by atoms with E-state index in [0.29, 0.717) is 6.04 Å². The van der Waals surface area contributed by atoms with E-state index in [1.54, 1.807) is 12.6 Å². The van der Waals surface area contributed by atoms with E-state index in [4.69, 9.17) is 9.41 Å². The number of nitrogens with zero attached hydrogens (tertiary/aromatic N) is 4. The van der Waals surface area contributed by atoms with Crippen LogP contribution in [-0.4, -0.2) is 39.9 Å². The van der Waals surface area contributed by atoms with Crippen molar-refractivity contribution in [1.82, 2.24) is 25.4 Å². The fraction of sp³-hybridized carbons (Fsp3) is 0.650. The Morgan fingerprint density at radius 3 is 2.96 bits per heavy atom. The van der Waals surface area contributed by atoms with Crippen LogP contribution in [0.2, 0.25) is 0 Å². The fourth-order valence-corrected chi connectivity index (χ4v) is 4.05. The highest BCUT2D eigenvalue weighted by Crippen LogP contribution is 2.23. The number of hydrogen-bond acceptors (Lipinski definition) is 4. The van der Waals surface area contributed by atoms with Gasteiger partial charge in [-0.1, -0.05) is 19.3 Å². The standard InChI is InChI=1S/C20H30N6O.HI/c1-2-5-16(6-3-1)13-22-20(21-11-10-18-7-4-12-27-18)25-17-8-9-19-23-15-24-26(19)14-17;/h4,7,12,15-17H,1-3,5-6,8-11,13-14H2,(H2,21,22,25);1H.